The lowest BCUT2D eigenvalue weighted by Crippen LogP contribution is -2.29. The van der Waals surface area contributed by atoms with E-state index >= 15 is 0 Å². The van der Waals surface area contributed by atoms with E-state index in [0.29, 0.717) is 16.7 Å². The molecule has 2 N–H and O–H groups in total. The third-order valence-corrected chi connectivity index (χ3v) is 2.76. The number of anilines is 1. The van der Waals surface area contributed by atoms with Crippen LogP contribution in [-0.4, -0.2) is 29.5 Å². The van der Waals surface area contributed by atoms with Gasteiger partial charge in [0.15, 0.2) is 0 Å². The monoisotopic (exact) mass is 288 g/mol. The van der Waals surface area contributed by atoms with Crippen molar-refractivity contribution in [2.24, 2.45) is 0 Å². The molecule has 0 bridgehead atoms. The summed E-state index contributed by atoms with van der Waals surface area (Å²) in [5.74, 6) is 0. The molecule has 1 atom stereocenters. The number of pyridine rings is 1. The first kappa shape index (κ1) is 12.9. The Morgan fingerprint density at radius 2 is 2.31 bits per heavy atom. The Balaban J connectivity index is 2.88. The lowest BCUT2D eigenvalue weighted by atomic mass is 10.3. The summed E-state index contributed by atoms with van der Waals surface area (Å²) in [7, 11) is 1.84. The number of hydrogen-bond donors (Lipinski definition) is 2. The van der Waals surface area contributed by atoms with Crippen LogP contribution in [0.3, 0.4) is 0 Å². The molecule has 1 aromatic rings. The van der Waals surface area contributed by atoms with Gasteiger partial charge in [0.2, 0.25) is 0 Å². The first-order valence-corrected chi connectivity index (χ1v) is 5.54. The van der Waals surface area contributed by atoms with Crippen LogP contribution in [0.1, 0.15) is 6.92 Å². The van der Waals surface area contributed by atoms with Crippen LogP contribution in [0.15, 0.2) is 16.9 Å². The maximum Gasteiger partial charge on any atom is 0.311 e. The average Bonchev–Trinajstić information content (AvgIpc) is 2.26. The number of nitro groups is 1. The summed E-state index contributed by atoms with van der Waals surface area (Å²) in [5, 5.41) is 16.8. The van der Waals surface area contributed by atoms with Gasteiger partial charge in [-0.2, -0.15) is 0 Å². The molecule has 1 aromatic heterocycles. The number of rotatable bonds is 5. The highest BCUT2D eigenvalue weighted by molar-refractivity contribution is 9.10. The standard InChI is InChI=1S/C9H13BrN4O2/c1-6(11-2)3-13-9-7(10)4-12-5-8(9)14(15)16/h4-6,11H,3H2,1-2H3,(H,12,13). The van der Waals surface area contributed by atoms with Gasteiger partial charge in [0.05, 0.1) is 9.40 Å². The second-order valence-corrected chi connectivity index (χ2v) is 4.20. The minimum atomic E-state index is -0.454. The Bertz CT molecular complexity index is 386. The topological polar surface area (TPSA) is 80.1 Å². The summed E-state index contributed by atoms with van der Waals surface area (Å²) in [5.41, 5.74) is 0.430. The molecule has 0 saturated carbocycles. The van der Waals surface area contributed by atoms with Crippen LogP contribution in [0.25, 0.3) is 0 Å². The number of hydrogen-bond acceptors (Lipinski definition) is 5. The molecule has 1 rings (SSSR count). The molecule has 0 aliphatic carbocycles. The second-order valence-electron chi connectivity index (χ2n) is 3.34. The van der Waals surface area contributed by atoms with E-state index in [4.69, 9.17) is 0 Å². The second kappa shape index (κ2) is 5.76. The molecular weight excluding hydrogens is 276 g/mol. The fraction of sp³-hybridized carbons (Fsp3) is 0.444. The van der Waals surface area contributed by atoms with E-state index in [9.17, 15) is 10.1 Å². The fourth-order valence-corrected chi connectivity index (χ4v) is 1.56. The Morgan fingerprint density at radius 1 is 1.62 bits per heavy atom. The zero-order valence-corrected chi connectivity index (χ0v) is 10.6. The molecule has 88 valence electrons. The number of likely N-dealkylation sites (N-methyl/N-ethyl adjacent to an activating group) is 1. The van der Waals surface area contributed by atoms with Crippen molar-refractivity contribution < 1.29 is 4.92 Å². The molecule has 0 aromatic carbocycles. The molecule has 7 heteroatoms. The highest BCUT2D eigenvalue weighted by Gasteiger charge is 2.17. The van der Waals surface area contributed by atoms with Gasteiger partial charge in [0.25, 0.3) is 0 Å². The van der Waals surface area contributed by atoms with Crippen molar-refractivity contribution in [1.82, 2.24) is 10.3 Å². The number of halogens is 1. The summed E-state index contributed by atoms with van der Waals surface area (Å²) >= 11 is 3.24. The van der Waals surface area contributed by atoms with Crippen molar-refractivity contribution in [1.29, 1.82) is 0 Å². The minimum absolute atomic E-state index is 0.0299. The third kappa shape index (κ3) is 3.14. The summed E-state index contributed by atoms with van der Waals surface area (Å²) in [6.07, 6.45) is 2.76. The normalized spacial score (nSPS) is 12.2. The molecule has 16 heavy (non-hydrogen) atoms. The molecule has 0 amide bonds. The van der Waals surface area contributed by atoms with E-state index in [1.807, 2.05) is 14.0 Å². The molecule has 0 aliphatic rings. The first-order valence-electron chi connectivity index (χ1n) is 4.75. The van der Waals surface area contributed by atoms with Crippen LogP contribution in [-0.2, 0) is 0 Å². The van der Waals surface area contributed by atoms with Crippen LogP contribution in [0.4, 0.5) is 11.4 Å². The van der Waals surface area contributed by atoms with Gasteiger partial charge in [-0.1, -0.05) is 0 Å². The fourth-order valence-electron chi connectivity index (χ4n) is 1.10. The lowest BCUT2D eigenvalue weighted by molar-refractivity contribution is -0.384. The lowest BCUT2D eigenvalue weighted by Gasteiger charge is -2.13. The van der Waals surface area contributed by atoms with Crippen molar-refractivity contribution in [2.75, 3.05) is 18.9 Å². The Kier molecular flexibility index (Phi) is 4.63. The summed E-state index contributed by atoms with van der Waals surface area (Å²) in [4.78, 5) is 14.1. The van der Waals surface area contributed by atoms with Crippen molar-refractivity contribution in [3.63, 3.8) is 0 Å². The quantitative estimate of drug-likeness (QED) is 0.638. The Morgan fingerprint density at radius 3 is 2.88 bits per heavy atom. The molecule has 0 radical (unpaired) electrons. The van der Waals surface area contributed by atoms with Crippen LogP contribution in [0, 0.1) is 10.1 Å². The van der Waals surface area contributed by atoms with E-state index in [1.165, 1.54) is 12.4 Å². The summed E-state index contributed by atoms with van der Waals surface area (Å²) in [6.45, 7) is 2.58. The van der Waals surface area contributed by atoms with Crippen LogP contribution in [0.2, 0.25) is 0 Å². The van der Waals surface area contributed by atoms with Crippen LogP contribution >= 0.6 is 15.9 Å². The average molecular weight is 289 g/mol. The molecule has 1 heterocycles. The highest BCUT2D eigenvalue weighted by Crippen LogP contribution is 2.30. The molecule has 6 nitrogen and oxygen atoms in total. The van der Waals surface area contributed by atoms with Gasteiger partial charge in [-0.25, -0.2) is 0 Å². The van der Waals surface area contributed by atoms with E-state index in [0.717, 1.165) is 0 Å². The molecular formula is C9H13BrN4O2. The summed E-state index contributed by atoms with van der Waals surface area (Å²) in [6, 6.07) is 0.222. The van der Waals surface area contributed by atoms with Crippen molar-refractivity contribution in [3.8, 4) is 0 Å². The molecule has 1 unspecified atom stereocenters. The highest BCUT2D eigenvalue weighted by atomic mass is 79.9. The van der Waals surface area contributed by atoms with E-state index in [2.05, 4.69) is 31.5 Å². The molecule has 0 fully saturated rings. The van der Waals surface area contributed by atoms with E-state index in [-0.39, 0.29) is 11.7 Å². The zero-order chi connectivity index (χ0) is 12.1. The van der Waals surface area contributed by atoms with E-state index in [1.54, 1.807) is 0 Å². The molecule has 0 spiro atoms. The molecule has 0 saturated heterocycles. The Hall–Kier alpha value is -1.21. The SMILES string of the molecule is CNC(C)CNc1c(Br)cncc1[N+](=O)[O-]. The van der Waals surface area contributed by atoms with Gasteiger partial charge in [0, 0.05) is 18.8 Å². The van der Waals surface area contributed by atoms with Gasteiger partial charge < -0.3 is 10.6 Å². The van der Waals surface area contributed by atoms with Gasteiger partial charge in [0.1, 0.15) is 11.9 Å². The number of nitrogens with zero attached hydrogens (tertiary/aromatic N) is 2. The van der Waals surface area contributed by atoms with Gasteiger partial charge in [-0.15, -0.1) is 0 Å². The van der Waals surface area contributed by atoms with E-state index < -0.39 is 4.92 Å². The minimum Gasteiger partial charge on any atom is -0.377 e. The number of nitrogens with one attached hydrogen (secondary N) is 2. The zero-order valence-electron chi connectivity index (χ0n) is 9.03. The van der Waals surface area contributed by atoms with Gasteiger partial charge >= 0.3 is 5.69 Å². The van der Waals surface area contributed by atoms with Crippen molar-refractivity contribution in [3.05, 3.63) is 27.0 Å². The maximum atomic E-state index is 10.8. The van der Waals surface area contributed by atoms with Crippen molar-refractivity contribution >= 4 is 27.3 Å². The predicted molar refractivity (Wildman–Crippen MR) is 65.6 cm³/mol. The third-order valence-electron chi connectivity index (χ3n) is 2.15. The van der Waals surface area contributed by atoms with Crippen LogP contribution in [0.5, 0.6) is 0 Å². The maximum absolute atomic E-state index is 10.8. The molecule has 0 aliphatic heterocycles. The smallest absolute Gasteiger partial charge is 0.311 e. The predicted octanol–water partition coefficient (Wildman–Crippen LogP) is 1.77. The van der Waals surface area contributed by atoms with Gasteiger partial charge in [-0.3, -0.25) is 15.1 Å². The largest absolute Gasteiger partial charge is 0.377 e. The van der Waals surface area contributed by atoms with Gasteiger partial charge in [-0.05, 0) is 29.9 Å². The number of aromatic nitrogens is 1. The summed E-state index contributed by atoms with van der Waals surface area (Å²) < 4.78 is 0.588. The first-order chi connectivity index (χ1) is 7.56. The van der Waals surface area contributed by atoms with Crippen molar-refractivity contribution in [2.45, 2.75) is 13.0 Å². The Labute approximate surface area is 102 Å². The van der Waals surface area contributed by atoms with Crippen LogP contribution < -0.4 is 10.6 Å².